The third-order valence-corrected chi connectivity index (χ3v) is 3.73. The molecular formula is C18H29IN6. The largest absolute Gasteiger partial charge is 0.370 e. The van der Waals surface area contributed by atoms with Crippen LogP contribution in [0.2, 0.25) is 0 Å². The Morgan fingerprint density at radius 1 is 1.24 bits per heavy atom. The third kappa shape index (κ3) is 7.33. The minimum Gasteiger partial charge on any atom is -0.370 e. The molecule has 0 amide bonds. The fourth-order valence-electron chi connectivity index (χ4n) is 2.48. The van der Waals surface area contributed by atoms with Crippen molar-refractivity contribution in [3.8, 4) is 0 Å². The van der Waals surface area contributed by atoms with Gasteiger partial charge in [0.25, 0.3) is 0 Å². The van der Waals surface area contributed by atoms with Crippen LogP contribution < -0.4 is 15.5 Å². The fraction of sp³-hybridized carbons (Fsp3) is 0.444. The molecule has 0 aliphatic rings. The molecule has 2 rings (SSSR count). The standard InChI is InChI=1S/C18H28N6.HI/c1-4-19-18(21-14-16-9-10-22-23-16)20-11-12-24(5-2)17-8-6-7-15(3)13-17;/h6-10,13H,4-5,11-12,14H2,1-3H3,(H,22,23)(H2,19,20,21);1H. The van der Waals surface area contributed by atoms with Crippen LogP contribution in [0.4, 0.5) is 5.69 Å². The summed E-state index contributed by atoms with van der Waals surface area (Å²) in [6.07, 6.45) is 1.74. The zero-order valence-corrected chi connectivity index (χ0v) is 17.6. The zero-order valence-electron chi connectivity index (χ0n) is 15.2. The van der Waals surface area contributed by atoms with E-state index in [1.54, 1.807) is 6.20 Å². The number of aliphatic imine (C=N–C) groups is 1. The van der Waals surface area contributed by atoms with Gasteiger partial charge in [-0.15, -0.1) is 24.0 Å². The second kappa shape index (κ2) is 11.7. The zero-order chi connectivity index (χ0) is 17.2. The summed E-state index contributed by atoms with van der Waals surface area (Å²) in [6, 6.07) is 10.6. The van der Waals surface area contributed by atoms with Crippen molar-refractivity contribution >= 4 is 35.6 Å². The van der Waals surface area contributed by atoms with Gasteiger partial charge in [0, 0.05) is 38.1 Å². The van der Waals surface area contributed by atoms with Crippen molar-refractivity contribution in [2.24, 2.45) is 4.99 Å². The van der Waals surface area contributed by atoms with Gasteiger partial charge in [-0.25, -0.2) is 4.99 Å². The number of H-pyrrole nitrogens is 1. The first kappa shape index (κ1) is 21.3. The molecule has 0 atom stereocenters. The number of rotatable bonds is 8. The molecule has 0 aliphatic heterocycles. The van der Waals surface area contributed by atoms with E-state index in [4.69, 9.17) is 0 Å². The number of nitrogens with zero attached hydrogens (tertiary/aromatic N) is 3. The lowest BCUT2D eigenvalue weighted by Gasteiger charge is -2.24. The Morgan fingerprint density at radius 2 is 2.08 bits per heavy atom. The van der Waals surface area contributed by atoms with Gasteiger partial charge in [0.2, 0.25) is 0 Å². The summed E-state index contributed by atoms with van der Waals surface area (Å²) < 4.78 is 0. The molecule has 1 aromatic heterocycles. The van der Waals surface area contributed by atoms with Gasteiger partial charge in [0.05, 0.1) is 12.2 Å². The number of hydrogen-bond acceptors (Lipinski definition) is 3. The SMILES string of the molecule is CCNC(=NCc1ccn[nH]1)NCCN(CC)c1cccc(C)c1.I. The summed E-state index contributed by atoms with van der Waals surface area (Å²) in [5.41, 5.74) is 3.55. The van der Waals surface area contributed by atoms with E-state index in [2.05, 4.69) is 75.8 Å². The van der Waals surface area contributed by atoms with Gasteiger partial charge >= 0.3 is 0 Å². The molecule has 2 aromatic rings. The molecule has 1 heterocycles. The number of anilines is 1. The molecule has 0 bridgehead atoms. The first-order valence-corrected chi connectivity index (χ1v) is 8.55. The van der Waals surface area contributed by atoms with E-state index < -0.39 is 0 Å². The summed E-state index contributed by atoms with van der Waals surface area (Å²) in [6.45, 7) is 10.5. The number of nitrogens with one attached hydrogen (secondary N) is 3. The fourth-order valence-corrected chi connectivity index (χ4v) is 2.48. The van der Waals surface area contributed by atoms with E-state index in [0.29, 0.717) is 6.54 Å². The Kier molecular flexibility index (Phi) is 9.98. The van der Waals surface area contributed by atoms with E-state index in [-0.39, 0.29) is 24.0 Å². The molecule has 0 unspecified atom stereocenters. The average Bonchev–Trinajstić information content (AvgIpc) is 3.10. The Balaban J connectivity index is 0.00000312. The van der Waals surface area contributed by atoms with Gasteiger partial charge in [0.15, 0.2) is 5.96 Å². The maximum atomic E-state index is 4.57. The first-order valence-electron chi connectivity index (χ1n) is 8.55. The second-order valence-corrected chi connectivity index (χ2v) is 5.62. The lowest BCUT2D eigenvalue weighted by atomic mass is 10.2. The van der Waals surface area contributed by atoms with Crippen LogP contribution in [0.25, 0.3) is 0 Å². The van der Waals surface area contributed by atoms with Gasteiger partial charge in [-0.1, -0.05) is 12.1 Å². The van der Waals surface area contributed by atoms with Gasteiger partial charge < -0.3 is 15.5 Å². The summed E-state index contributed by atoms with van der Waals surface area (Å²) >= 11 is 0. The number of benzene rings is 1. The smallest absolute Gasteiger partial charge is 0.191 e. The summed E-state index contributed by atoms with van der Waals surface area (Å²) in [7, 11) is 0. The molecule has 6 nitrogen and oxygen atoms in total. The van der Waals surface area contributed by atoms with Crippen molar-refractivity contribution in [3.05, 3.63) is 47.8 Å². The average molecular weight is 456 g/mol. The van der Waals surface area contributed by atoms with Gasteiger partial charge in [-0.2, -0.15) is 5.10 Å². The molecule has 0 radical (unpaired) electrons. The van der Waals surface area contributed by atoms with Crippen molar-refractivity contribution < 1.29 is 0 Å². The Labute approximate surface area is 167 Å². The number of guanidine groups is 1. The van der Waals surface area contributed by atoms with Crippen LogP contribution in [-0.4, -0.2) is 42.3 Å². The Bertz CT molecular complexity index is 626. The topological polar surface area (TPSA) is 68.3 Å². The van der Waals surface area contributed by atoms with Crippen LogP contribution in [0, 0.1) is 6.92 Å². The molecule has 0 aliphatic carbocycles. The maximum absolute atomic E-state index is 4.57. The molecule has 0 saturated carbocycles. The van der Waals surface area contributed by atoms with Crippen molar-refractivity contribution in [1.29, 1.82) is 0 Å². The molecular weight excluding hydrogens is 427 g/mol. The highest BCUT2D eigenvalue weighted by molar-refractivity contribution is 14.0. The lowest BCUT2D eigenvalue weighted by Crippen LogP contribution is -2.41. The minimum atomic E-state index is 0. The molecule has 138 valence electrons. The number of halogens is 1. The molecule has 0 fully saturated rings. The van der Waals surface area contributed by atoms with Crippen molar-refractivity contribution in [2.75, 3.05) is 31.1 Å². The predicted octanol–water partition coefficient (Wildman–Crippen LogP) is 2.92. The summed E-state index contributed by atoms with van der Waals surface area (Å²) in [4.78, 5) is 6.93. The normalized spacial score (nSPS) is 10.9. The van der Waals surface area contributed by atoms with Crippen LogP contribution >= 0.6 is 24.0 Å². The van der Waals surface area contributed by atoms with Crippen LogP contribution in [0.5, 0.6) is 0 Å². The van der Waals surface area contributed by atoms with E-state index in [0.717, 1.165) is 37.8 Å². The highest BCUT2D eigenvalue weighted by Crippen LogP contribution is 2.14. The minimum absolute atomic E-state index is 0. The third-order valence-electron chi connectivity index (χ3n) is 3.73. The van der Waals surface area contributed by atoms with Crippen LogP contribution in [0.1, 0.15) is 25.1 Å². The maximum Gasteiger partial charge on any atom is 0.191 e. The van der Waals surface area contributed by atoms with Crippen molar-refractivity contribution in [3.63, 3.8) is 0 Å². The van der Waals surface area contributed by atoms with Crippen LogP contribution in [-0.2, 0) is 6.54 Å². The van der Waals surface area contributed by atoms with E-state index in [9.17, 15) is 0 Å². The second-order valence-electron chi connectivity index (χ2n) is 5.62. The number of likely N-dealkylation sites (N-methyl/N-ethyl adjacent to an activating group) is 1. The molecule has 3 N–H and O–H groups in total. The monoisotopic (exact) mass is 456 g/mol. The Hall–Kier alpha value is -1.77. The van der Waals surface area contributed by atoms with Crippen LogP contribution in [0.3, 0.4) is 0 Å². The Morgan fingerprint density at radius 3 is 2.72 bits per heavy atom. The van der Waals surface area contributed by atoms with Crippen molar-refractivity contribution in [1.82, 2.24) is 20.8 Å². The number of aryl methyl sites for hydroxylation is 1. The predicted molar refractivity (Wildman–Crippen MR) is 116 cm³/mol. The van der Waals surface area contributed by atoms with Gasteiger partial charge in [-0.3, -0.25) is 5.10 Å². The van der Waals surface area contributed by atoms with Gasteiger partial charge in [-0.05, 0) is 44.5 Å². The lowest BCUT2D eigenvalue weighted by molar-refractivity contribution is 0.750. The van der Waals surface area contributed by atoms with E-state index in [1.807, 2.05) is 6.07 Å². The number of aromatic nitrogens is 2. The summed E-state index contributed by atoms with van der Waals surface area (Å²) in [5, 5.41) is 13.5. The van der Waals surface area contributed by atoms with Gasteiger partial charge in [0.1, 0.15) is 0 Å². The molecule has 1 aromatic carbocycles. The summed E-state index contributed by atoms with van der Waals surface area (Å²) in [5.74, 6) is 0.826. The molecule has 25 heavy (non-hydrogen) atoms. The molecule has 0 saturated heterocycles. The van der Waals surface area contributed by atoms with E-state index >= 15 is 0 Å². The van der Waals surface area contributed by atoms with Crippen molar-refractivity contribution in [2.45, 2.75) is 27.3 Å². The van der Waals surface area contributed by atoms with Crippen LogP contribution in [0.15, 0.2) is 41.5 Å². The number of hydrogen-bond donors (Lipinski definition) is 3. The highest BCUT2D eigenvalue weighted by Gasteiger charge is 2.05. The molecule has 7 heteroatoms. The quantitative estimate of drug-likeness (QED) is 0.325. The first-order chi connectivity index (χ1) is 11.7. The number of aromatic amines is 1. The molecule has 0 spiro atoms. The van der Waals surface area contributed by atoms with E-state index in [1.165, 1.54) is 11.3 Å². The highest BCUT2D eigenvalue weighted by atomic mass is 127.